The summed E-state index contributed by atoms with van der Waals surface area (Å²) in [5.41, 5.74) is 2.99. The second-order valence-corrected chi connectivity index (χ2v) is 6.95. The molecular weight excluding hydrogens is 246 g/mol. The summed E-state index contributed by atoms with van der Waals surface area (Å²) in [6.07, 6.45) is 5.72. The van der Waals surface area contributed by atoms with Crippen molar-refractivity contribution in [2.45, 2.75) is 51.6 Å². The maximum atomic E-state index is 12.3. The molecule has 1 aromatic carbocycles. The molecule has 1 fully saturated rings. The van der Waals surface area contributed by atoms with Crippen LogP contribution >= 0.6 is 0 Å². The van der Waals surface area contributed by atoms with Gasteiger partial charge in [-0.25, -0.2) is 0 Å². The van der Waals surface area contributed by atoms with Crippen molar-refractivity contribution in [3.8, 4) is 0 Å². The SMILES string of the molecule is C=Cc1ccc(C=C2CC(C)(C)N([O-])C(C)(C)C2)cc1. The van der Waals surface area contributed by atoms with Crippen LogP contribution < -0.4 is 0 Å². The van der Waals surface area contributed by atoms with Gasteiger partial charge in [0, 0.05) is 11.1 Å². The van der Waals surface area contributed by atoms with E-state index in [1.54, 1.807) is 0 Å². The van der Waals surface area contributed by atoms with E-state index in [2.05, 4.69) is 36.9 Å². The fourth-order valence-corrected chi connectivity index (χ4v) is 3.20. The highest BCUT2D eigenvalue weighted by atomic mass is 16.5. The minimum atomic E-state index is -0.339. The molecule has 0 atom stereocenters. The number of benzene rings is 1. The molecule has 1 aliphatic heterocycles. The number of hydroxylamine groups is 2. The summed E-state index contributed by atoms with van der Waals surface area (Å²) in [4.78, 5) is 0. The van der Waals surface area contributed by atoms with E-state index in [-0.39, 0.29) is 11.1 Å². The molecule has 2 rings (SSSR count). The topological polar surface area (TPSA) is 26.3 Å². The zero-order valence-electron chi connectivity index (χ0n) is 12.9. The van der Waals surface area contributed by atoms with Gasteiger partial charge < -0.3 is 10.3 Å². The highest BCUT2D eigenvalue weighted by Crippen LogP contribution is 2.40. The van der Waals surface area contributed by atoms with E-state index in [0.717, 1.165) is 18.4 Å². The third-order valence-electron chi connectivity index (χ3n) is 3.96. The van der Waals surface area contributed by atoms with Crippen LogP contribution in [0.3, 0.4) is 0 Å². The zero-order chi connectivity index (χ0) is 15.0. The zero-order valence-corrected chi connectivity index (χ0v) is 12.9. The van der Waals surface area contributed by atoms with E-state index in [4.69, 9.17) is 0 Å². The third kappa shape index (κ3) is 3.02. The van der Waals surface area contributed by atoms with E-state index in [9.17, 15) is 5.21 Å². The molecule has 108 valence electrons. The van der Waals surface area contributed by atoms with Crippen molar-refractivity contribution in [3.63, 3.8) is 0 Å². The number of piperidine rings is 1. The molecule has 0 bridgehead atoms. The maximum absolute atomic E-state index is 12.3. The Labute approximate surface area is 122 Å². The first kappa shape index (κ1) is 15.0. The van der Waals surface area contributed by atoms with Crippen molar-refractivity contribution >= 4 is 12.2 Å². The van der Waals surface area contributed by atoms with Crippen molar-refractivity contribution in [1.29, 1.82) is 0 Å². The molecule has 1 saturated heterocycles. The minimum absolute atomic E-state index is 0.339. The summed E-state index contributed by atoms with van der Waals surface area (Å²) >= 11 is 0. The Bertz CT molecular complexity index is 503. The van der Waals surface area contributed by atoms with E-state index in [0.29, 0.717) is 0 Å². The lowest BCUT2D eigenvalue weighted by Crippen LogP contribution is -2.55. The predicted molar refractivity (Wildman–Crippen MR) is 87.1 cm³/mol. The Morgan fingerprint density at radius 3 is 1.90 bits per heavy atom. The van der Waals surface area contributed by atoms with Crippen LogP contribution in [-0.2, 0) is 0 Å². The molecule has 0 amide bonds. The molecule has 2 nitrogen and oxygen atoms in total. The molecule has 20 heavy (non-hydrogen) atoms. The Balaban J connectivity index is 2.27. The lowest BCUT2D eigenvalue weighted by Gasteiger charge is -2.58. The van der Waals surface area contributed by atoms with Gasteiger partial charge in [0.2, 0.25) is 0 Å². The molecule has 2 heteroatoms. The van der Waals surface area contributed by atoms with Gasteiger partial charge in [0.1, 0.15) is 0 Å². The lowest BCUT2D eigenvalue weighted by atomic mass is 9.78. The molecule has 0 unspecified atom stereocenters. The van der Waals surface area contributed by atoms with Gasteiger partial charge in [0.05, 0.1) is 0 Å². The minimum Gasteiger partial charge on any atom is -0.784 e. The monoisotopic (exact) mass is 270 g/mol. The van der Waals surface area contributed by atoms with E-state index in [1.807, 2.05) is 33.8 Å². The van der Waals surface area contributed by atoms with Gasteiger partial charge in [0.25, 0.3) is 0 Å². The molecule has 0 radical (unpaired) electrons. The van der Waals surface area contributed by atoms with Crippen LogP contribution in [0.5, 0.6) is 0 Å². The fraction of sp³-hybridized carbons (Fsp3) is 0.444. The summed E-state index contributed by atoms with van der Waals surface area (Å²) in [6, 6.07) is 8.35. The molecule has 0 spiro atoms. The average molecular weight is 270 g/mol. The molecule has 0 aromatic heterocycles. The standard InChI is InChI=1S/C18H24NO/c1-6-14-7-9-15(10-8-14)11-16-12-17(2,3)19(20)18(4,5)13-16/h6-11H,1,12-13H2,2-5H3/q-1. The van der Waals surface area contributed by atoms with Gasteiger partial charge in [-0.05, 0) is 51.7 Å². The Kier molecular flexibility index (Phi) is 3.90. The van der Waals surface area contributed by atoms with Crippen LogP contribution in [0.25, 0.3) is 12.2 Å². The van der Waals surface area contributed by atoms with Gasteiger partial charge in [-0.2, -0.15) is 0 Å². The van der Waals surface area contributed by atoms with E-state index >= 15 is 0 Å². The first-order chi connectivity index (χ1) is 9.24. The normalized spacial score (nSPS) is 21.6. The van der Waals surface area contributed by atoms with Gasteiger partial charge in [-0.1, -0.05) is 48.6 Å². The molecule has 1 heterocycles. The van der Waals surface area contributed by atoms with Gasteiger partial charge >= 0.3 is 0 Å². The van der Waals surface area contributed by atoms with E-state index < -0.39 is 0 Å². The van der Waals surface area contributed by atoms with Gasteiger partial charge in [-0.15, -0.1) is 0 Å². The molecular formula is C18H24NO-. The Hall–Kier alpha value is -1.38. The second-order valence-electron chi connectivity index (χ2n) is 6.95. The predicted octanol–water partition coefficient (Wildman–Crippen LogP) is 4.86. The lowest BCUT2D eigenvalue weighted by molar-refractivity contribution is 0.0448. The summed E-state index contributed by atoms with van der Waals surface area (Å²) in [6.45, 7) is 11.9. The van der Waals surface area contributed by atoms with Crippen LogP contribution in [-0.4, -0.2) is 16.1 Å². The summed E-state index contributed by atoms with van der Waals surface area (Å²) in [5, 5.41) is 13.6. The van der Waals surface area contributed by atoms with Crippen LogP contribution in [0.4, 0.5) is 0 Å². The number of hydrogen-bond donors (Lipinski definition) is 0. The van der Waals surface area contributed by atoms with Crippen LogP contribution in [0.1, 0.15) is 51.7 Å². The number of rotatable bonds is 2. The second kappa shape index (κ2) is 5.19. The molecule has 0 N–H and O–H groups in total. The number of nitrogens with zero attached hydrogens (tertiary/aromatic N) is 1. The Morgan fingerprint density at radius 1 is 1.00 bits per heavy atom. The summed E-state index contributed by atoms with van der Waals surface area (Å²) in [7, 11) is 0. The van der Waals surface area contributed by atoms with Crippen molar-refractivity contribution in [2.75, 3.05) is 0 Å². The largest absolute Gasteiger partial charge is 0.784 e. The van der Waals surface area contributed by atoms with Crippen LogP contribution in [0, 0.1) is 5.21 Å². The molecule has 1 aromatic rings. The van der Waals surface area contributed by atoms with Gasteiger partial charge in [-0.3, -0.25) is 0 Å². The van der Waals surface area contributed by atoms with Gasteiger partial charge in [0.15, 0.2) is 0 Å². The first-order valence-corrected chi connectivity index (χ1v) is 7.14. The average Bonchev–Trinajstić information content (AvgIpc) is 2.36. The molecule has 0 aliphatic carbocycles. The number of hydrogen-bond acceptors (Lipinski definition) is 2. The molecule has 0 saturated carbocycles. The first-order valence-electron chi connectivity index (χ1n) is 7.14. The van der Waals surface area contributed by atoms with Crippen molar-refractivity contribution in [2.24, 2.45) is 0 Å². The van der Waals surface area contributed by atoms with Crippen molar-refractivity contribution in [1.82, 2.24) is 5.06 Å². The van der Waals surface area contributed by atoms with Crippen molar-refractivity contribution in [3.05, 3.63) is 52.8 Å². The van der Waals surface area contributed by atoms with Crippen LogP contribution in [0.15, 0.2) is 36.4 Å². The third-order valence-corrected chi connectivity index (χ3v) is 3.96. The summed E-state index contributed by atoms with van der Waals surface area (Å²) < 4.78 is 0. The maximum Gasteiger partial charge on any atom is 0.00747 e. The molecule has 1 aliphatic rings. The fourth-order valence-electron chi connectivity index (χ4n) is 3.20. The highest BCUT2D eigenvalue weighted by Gasteiger charge is 2.37. The van der Waals surface area contributed by atoms with Crippen molar-refractivity contribution < 1.29 is 0 Å². The summed E-state index contributed by atoms with van der Waals surface area (Å²) in [5.74, 6) is 0. The highest BCUT2D eigenvalue weighted by molar-refractivity contribution is 5.57. The van der Waals surface area contributed by atoms with E-state index in [1.165, 1.54) is 16.2 Å². The quantitative estimate of drug-likeness (QED) is 0.766. The smallest absolute Gasteiger partial charge is 0.00747 e. The Morgan fingerprint density at radius 2 is 1.45 bits per heavy atom. The van der Waals surface area contributed by atoms with Crippen LogP contribution in [0.2, 0.25) is 0 Å².